The number of sulfonamides is 1. The van der Waals surface area contributed by atoms with Crippen LogP contribution in [0.3, 0.4) is 0 Å². The standard InChI is InChI=1S/C35H45N3O8S/c1-6-46-30-18-14-28(15-19-30)38(47(41,42)31-20-21-32(44-4)33(22-31)45-5)24-34(39)37(23-26-12-16-29(43-3)17-13-26)25(2)35(40)36-27-10-8-7-9-11-27/h12-22,25,27H,6-11,23-24H2,1-5H3,(H,36,40). The minimum Gasteiger partial charge on any atom is -0.497 e. The van der Waals surface area contributed by atoms with Crippen molar-refractivity contribution < 1.29 is 37.0 Å². The summed E-state index contributed by atoms with van der Waals surface area (Å²) in [5.41, 5.74) is 1.01. The van der Waals surface area contributed by atoms with Crippen molar-refractivity contribution in [1.29, 1.82) is 0 Å². The number of carbonyl (C=O) groups is 2. The molecule has 11 nitrogen and oxygen atoms in total. The minimum atomic E-state index is -4.32. The van der Waals surface area contributed by atoms with Crippen LogP contribution in [0.4, 0.5) is 5.69 Å². The third-order valence-corrected chi connectivity index (χ3v) is 10.1. The van der Waals surface area contributed by atoms with Gasteiger partial charge in [-0.3, -0.25) is 13.9 Å². The number of rotatable bonds is 15. The molecule has 1 aliphatic carbocycles. The largest absolute Gasteiger partial charge is 0.497 e. The molecule has 254 valence electrons. The van der Waals surface area contributed by atoms with Gasteiger partial charge in [0.25, 0.3) is 10.0 Å². The maximum atomic E-state index is 14.3. The lowest BCUT2D eigenvalue weighted by Crippen LogP contribution is -2.53. The Bertz CT molecular complexity index is 1590. The summed E-state index contributed by atoms with van der Waals surface area (Å²) < 4.78 is 51.2. The van der Waals surface area contributed by atoms with E-state index in [0.717, 1.165) is 42.0 Å². The third-order valence-electron chi connectivity index (χ3n) is 8.29. The summed E-state index contributed by atoms with van der Waals surface area (Å²) in [6, 6.07) is 17.1. The Labute approximate surface area is 277 Å². The van der Waals surface area contributed by atoms with Crippen LogP contribution in [0.15, 0.2) is 71.6 Å². The molecule has 1 fully saturated rings. The number of hydrogen-bond donors (Lipinski definition) is 1. The fourth-order valence-electron chi connectivity index (χ4n) is 5.59. The van der Waals surface area contributed by atoms with Gasteiger partial charge in [-0.15, -0.1) is 0 Å². The van der Waals surface area contributed by atoms with Crippen LogP contribution in [0.25, 0.3) is 0 Å². The molecule has 0 saturated heterocycles. The molecule has 3 aromatic carbocycles. The zero-order valence-electron chi connectivity index (χ0n) is 27.7. The number of ether oxygens (including phenoxy) is 4. The van der Waals surface area contributed by atoms with E-state index in [4.69, 9.17) is 18.9 Å². The summed E-state index contributed by atoms with van der Waals surface area (Å²) in [7, 11) is 0.117. The van der Waals surface area contributed by atoms with E-state index in [-0.39, 0.29) is 34.8 Å². The van der Waals surface area contributed by atoms with Gasteiger partial charge >= 0.3 is 0 Å². The van der Waals surface area contributed by atoms with Gasteiger partial charge in [0.15, 0.2) is 11.5 Å². The molecule has 4 rings (SSSR count). The van der Waals surface area contributed by atoms with Crippen molar-refractivity contribution in [2.24, 2.45) is 0 Å². The molecule has 3 aromatic rings. The van der Waals surface area contributed by atoms with Gasteiger partial charge < -0.3 is 29.2 Å². The molecule has 1 aliphatic rings. The van der Waals surface area contributed by atoms with Gasteiger partial charge in [-0.1, -0.05) is 31.4 Å². The van der Waals surface area contributed by atoms with Crippen LogP contribution >= 0.6 is 0 Å². The Morgan fingerprint density at radius 2 is 1.49 bits per heavy atom. The molecule has 0 spiro atoms. The van der Waals surface area contributed by atoms with Crippen molar-refractivity contribution in [3.8, 4) is 23.0 Å². The Kier molecular flexibility index (Phi) is 12.4. The van der Waals surface area contributed by atoms with Crippen molar-refractivity contribution >= 4 is 27.5 Å². The SMILES string of the molecule is CCOc1ccc(N(CC(=O)N(Cc2ccc(OC)cc2)C(C)C(=O)NC2CCCCC2)S(=O)(=O)c2ccc(OC)c(OC)c2)cc1. The maximum absolute atomic E-state index is 14.3. The first-order valence-electron chi connectivity index (χ1n) is 15.8. The highest BCUT2D eigenvalue weighted by Gasteiger charge is 2.34. The molecule has 12 heteroatoms. The van der Waals surface area contributed by atoms with Gasteiger partial charge in [-0.25, -0.2) is 8.42 Å². The first kappa shape index (κ1) is 35.4. The summed E-state index contributed by atoms with van der Waals surface area (Å²) in [5.74, 6) is 0.955. The van der Waals surface area contributed by atoms with Gasteiger partial charge in [0, 0.05) is 18.7 Å². The zero-order chi connectivity index (χ0) is 34.0. The minimum absolute atomic E-state index is 0.0439. The van der Waals surface area contributed by atoms with E-state index in [1.54, 1.807) is 50.4 Å². The number of hydrogen-bond acceptors (Lipinski definition) is 8. The van der Waals surface area contributed by atoms with Crippen LogP contribution in [0, 0.1) is 0 Å². The van der Waals surface area contributed by atoms with Gasteiger partial charge in [-0.05, 0) is 80.8 Å². The van der Waals surface area contributed by atoms with E-state index in [1.807, 2.05) is 19.1 Å². The monoisotopic (exact) mass is 667 g/mol. The van der Waals surface area contributed by atoms with Crippen molar-refractivity contribution in [2.75, 3.05) is 38.8 Å². The lowest BCUT2D eigenvalue weighted by molar-refractivity contribution is -0.139. The van der Waals surface area contributed by atoms with Crippen molar-refractivity contribution in [1.82, 2.24) is 10.2 Å². The molecule has 2 amide bonds. The quantitative estimate of drug-likeness (QED) is 0.236. The number of amides is 2. The second kappa shape index (κ2) is 16.4. The summed E-state index contributed by atoms with van der Waals surface area (Å²) in [6.45, 7) is 3.47. The number of anilines is 1. The fourth-order valence-corrected chi connectivity index (χ4v) is 7.02. The lowest BCUT2D eigenvalue weighted by atomic mass is 9.95. The Hall–Kier alpha value is -4.45. The van der Waals surface area contributed by atoms with Gasteiger partial charge in [0.05, 0.1) is 38.5 Å². The average molecular weight is 668 g/mol. The molecular weight excluding hydrogens is 622 g/mol. The van der Waals surface area contributed by atoms with E-state index in [2.05, 4.69) is 5.32 Å². The van der Waals surface area contributed by atoms with Gasteiger partial charge in [0.1, 0.15) is 24.1 Å². The molecule has 0 bridgehead atoms. The number of nitrogens with zero attached hydrogens (tertiary/aromatic N) is 2. The predicted octanol–water partition coefficient (Wildman–Crippen LogP) is 5.17. The van der Waals surface area contributed by atoms with E-state index in [0.29, 0.717) is 23.9 Å². The highest BCUT2D eigenvalue weighted by atomic mass is 32.2. The predicted molar refractivity (Wildman–Crippen MR) is 180 cm³/mol. The Morgan fingerprint density at radius 3 is 2.09 bits per heavy atom. The summed E-state index contributed by atoms with van der Waals surface area (Å²) in [5, 5.41) is 3.12. The lowest BCUT2D eigenvalue weighted by Gasteiger charge is -2.33. The van der Waals surface area contributed by atoms with Crippen LogP contribution in [0.2, 0.25) is 0 Å². The molecule has 47 heavy (non-hydrogen) atoms. The summed E-state index contributed by atoms with van der Waals surface area (Å²) in [6.07, 6.45) is 5.00. The van der Waals surface area contributed by atoms with Crippen LogP contribution in [-0.2, 0) is 26.2 Å². The number of benzene rings is 3. The van der Waals surface area contributed by atoms with Crippen molar-refractivity contribution in [3.05, 3.63) is 72.3 Å². The number of methoxy groups -OCH3 is 3. The molecule has 0 aromatic heterocycles. The van der Waals surface area contributed by atoms with Gasteiger partial charge in [0.2, 0.25) is 11.8 Å². The molecule has 1 atom stereocenters. The molecular formula is C35H45N3O8S. The number of nitrogens with one attached hydrogen (secondary N) is 1. The third kappa shape index (κ3) is 8.88. The Balaban J connectivity index is 1.71. The normalized spacial score (nSPS) is 14.1. The Morgan fingerprint density at radius 1 is 0.851 bits per heavy atom. The van der Waals surface area contributed by atoms with E-state index < -0.39 is 28.5 Å². The summed E-state index contributed by atoms with van der Waals surface area (Å²) >= 11 is 0. The first-order chi connectivity index (χ1) is 22.6. The maximum Gasteiger partial charge on any atom is 0.264 e. The molecule has 1 unspecified atom stereocenters. The highest BCUT2D eigenvalue weighted by Crippen LogP contribution is 2.33. The van der Waals surface area contributed by atoms with Crippen molar-refractivity contribution in [3.63, 3.8) is 0 Å². The van der Waals surface area contributed by atoms with Crippen molar-refractivity contribution in [2.45, 2.75) is 69.5 Å². The van der Waals surface area contributed by atoms with Crippen LogP contribution in [-0.4, -0.2) is 71.7 Å². The fraction of sp³-hybridized carbons (Fsp3) is 0.429. The molecule has 0 heterocycles. The second-order valence-corrected chi connectivity index (χ2v) is 13.2. The van der Waals surface area contributed by atoms with E-state index >= 15 is 0 Å². The van der Waals surface area contributed by atoms with Crippen LogP contribution < -0.4 is 28.6 Å². The van der Waals surface area contributed by atoms with E-state index in [1.165, 1.54) is 37.3 Å². The van der Waals surface area contributed by atoms with E-state index in [9.17, 15) is 18.0 Å². The summed E-state index contributed by atoms with van der Waals surface area (Å²) in [4.78, 5) is 29.2. The topological polar surface area (TPSA) is 124 Å². The van der Waals surface area contributed by atoms with Crippen LogP contribution in [0.5, 0.6) is 23.0 Å². The first-order valence-corrected chi connectivity index (χ1v) is 17.3. The van der Waals surface area contributed by atoms with Crippen LogP contribution in [0.1, 0.15) is 51.5 Å². The zero-order valence-corrected chi connectivity index (χ0v) is 28.5. The van der Waals surface area contributed by atoms with Gasteiger partial charge in [-0.2, -0.15) is 0 Å². The molecule has 1 N–H and O–H groups in total. The number of carbonyl (C=O) groups excluding carboxylic acids is 2. The molecule has 0 radical (unpaired) electrons. The average Bonchev–Trinajstić information content (AvgIpc) is 3.10. The molecule has 0 aliphatic heterocycles. The molecule has 1 saturated carbocycles. The second-order valence-electron chi connectivity index (χ2n) is 11.3. The smallest absolute Gasteiger partial charge is 0.264 e. The highest BCUT2D eigenvalue weighted by molar-refractivity contribution is 7.92.